The first kappa shape index (κ1) is 9.40. The summed E-state index contributed by atoms with van der Waals surface area (Å²) in [5, 5.41) is 0. The van der Waals surface area contributed by atoms with Crippen molar-refractivity contribution >= 4 is 0 Å². The highest BCUT2D eigenvalue weighted by Crippen LogP contribution is 2.28. The minimum atomic E-state index is -1.16. The van der Waals surface area contributed by atoms with Gasteiger partial charge in [-0.05, 0) is 12.8 Å². The molecule has 0 aliphatic carbocycles. The third-order valence-corrected chi connectivity index (χ3v) is 2.42. The molecule has 2 heterocycles. The van der Waals surface area contributed by atoms with Crippen LogP contribution in [0.15, 0.2) is 0 Å². The first-order chi connectivity index (χ1) is 6.35. The maximum Gasteiger partial charge on any atom is 0.412 e. The number of hydrogen-bond acceptors (Lipinski definition) is 4. The molecule has 2 aliphatic heterocycles. The van der Waals surface area contributed by atoms with Gasteiger partial charge < -0.3 is 18.9 Å². The Bertz CT molecular complexity index is 155. The zero-order valence-corrected chi connectivity index (χ0v) is 7.95. The maximum atomic E-state index is 5.44. The van der Waals surface area contributed by atoms with Crippen molar-refractivity contribution in [3.05, 3.63) is 0 Å². The molecule has 0 N–H and O–H groups in total. The van der Waals surface area contributed by atoms with Crippen molar-refractivity contribution in [1.82, 2.24) is 0 Å². The van der Waals surface area contributed by atoms with Crippen molar-refractivity contribution in [2.75, 3.05) is 26.4 Å². The van der Waals surface area contributed by atoms with E-state index < -0.39 is 6.16 Å². The summed E-state index contributed by atoms with van der Waals surface area (Å²) in [7, 11) is 0. The third-order valence-electron chi connectivity index (χ3n) is 2.42. The molecule has 0 radical (unpaired) electrons. The van der Waals surface area contributed by atoms with Crippen LogP contribution in [-0.2, 0) is 18.9 Å². The molecule has 2 rings (SSSR count). The molecule has 2 aliphatic rings. The topological polar surface area (TPSA) is 36.9 Å². The lowest BCUT2D eigenvalue weighted by atomic mass is 10.1. The van der Waals surface area contributed by atoms with Crippen LogP contribution in [0.25, 0.3) is 0 Å². The van der Waals surface area contributed by atoms with Crippen molar-refractivity contribution < 1.29 is 18.9 Å². The van der Waals surface area contributed by atoms with E-state index in [0.29, 0.717) is 32.3 Å². The molecule has 4 heteroatoms. The summed E-state index contributed by atoms with van der Waals surface area (Å²) in [6.45, 7) is 4.75. The first-order valence-corrected chi connectivity index (χ1v) is 4.90. The summed E-state index contributed by atoms with van der Waals surface area (Å²) < 4.78 is 21.6. The molecular weight excluding hydrogens is 172 g/mol. The van der Waals surface area contributed by atoms with E-state index in [9.17, 15) is 0 Å². The van der Waals surface area contributed by atoms with Crippen molar-refractivity contribution in [2.24, 2.45) is 5.92 Å². The Balaban J connectivity index is 1.87. The zero-order valence-electron chi connectivity index (χ0n) is 7.95. The van der Waals surface area contributed by atoms with E-state index in [1.165, 1.54) is 0 Å². The molecule has 0 amide bonds. The Kier molecular flexibility index (Phi) is 2.83. The van der Waals surface area contributed by atoms with Gasteiger partial charge in [0.1, 0.15) is 0 Å². The Morgan fingerprint density at radius 1 is 1.08 bits per heavy atom. The first-order valence-electron chi connectivity index (χ1n) is 4.90. The van der Waals surface area contributed by atoms with Crippen molar-refractivity contribution in [3.8, 4) is 0 Å². The Morgan fingerprint density at radius 3 is 2.23 bits per heavy atom. The van der Waals surface area contributed by atoms with Gasteiger partial charge in [-0.3, -0.25) is 0 Å². The lowest BCUT2D eigenvalue weighted by Gasteiger charge is -2.40. The molecule has 0 aromatic carbocycles. The Labute approximate surface area is 78.1 Å². The second kappa shape index (κ2) is 3.92. The van der Waals surface area contributed by atoms with Crippen LogP contribution < -0.4 is 0 Å². The average Bonchev–Trinajstić information content (AvgIpc) is 2.20. The normalized spacial score (nSPS) is 29.3. The number of rotatable bonds is 1. The fourth-order valence-corrected chi connectivity index (χ4v) is 1.43. The highest BCUT2D eigenvalue weighted by Gasteiger charge is 2.42. The highest BCUT2D eigenvalue weighted by atomic mass is 17.0. The summed E-state index contributed by atoms with van der Waals surface area (Å²) >= 11 is 0. The van der Waals surface area contributed by atoms with Gasteiger partial charge in [-0.15, -0.1) is 0 Å². The maximum absolute atomic E-state index is 5.44. The lowest BCUT2D eigenvalue weighted by molar-refractivity contribution is -0.529. The minimum Gasteiger partial charge on any atom is -0.303 e. The van der Waals surface area contributed by atoms with Gasteiger partial charge in [0, 0.05) is 5.92 Å². The predicted octanol–water partition coefficient (Wildman–Crippen LogP) is 1.11. The standard InChI is InChI=1S/C9H16O4/c1-2-8-6-12-9(13-7-8)10-4-3-5-11-9/h8H,2-7H2,1H3. The van der Waals surface area contributed by atoms with Crippen LogP contribution in [0, 0.1) is 5.92 Å². The molecule has 0 bridgehead atoms. The van der Waals surface area contributed by atoms with Crippen LogP contribution in [-0.4, -0.2) is 32.6 Å². The second-order valence-electron chi connectivity index (χ2n) is 3.45. The van der Waals surface area contributed by atoms with Gasteiger partial charge in [-0.25, -0.2) is 0 Å². The lowest BCUT2D eigenvalue weighted by Crippen LogP contribution is -2.50. The largest absolute Gasteiger partial charge is 0.412 e. The van der Waals surface area contributed by atoms with Crippen molar-refractivity contribution in [2.45, 2.75) is 25.9 Å². The molecule has 0 aromatic heterocycles. The van der Waals surface area contributed by atoms with Gasteiger partial charge in [0.2, 0.25) is 0 Å². The van der Waals surface area contributed by atoms with E-state index in [1.54, 1.807) is 0 Å². The summed E-state index contributed by atoms with van der Waals surface area (Å²) in [5.74, 6) is 0.472. The SMILES string of the molecule is CCC1COC2(OCCCO2)OC1. The Hall–Kier alpha value is -0.160. The van der Waals surface area contributed by atoms with E-state index in [2.05, 4.69) is 6.92 Å². The fourth-order valence-electron chi connectivity index (χ4n) is 1.43. The van der Waals surface area contributed by atoms with E-state index in [1.807, 2.05) is 0 Å². The smallest absolute Gasteiger partial charge is 0.303 e. The van der Waals surface area contributed by atoms with Crippen LogP contribution in [0.3, 0.4) is 0 Å². The van der Waals surface area contributed by atoms with Gasteiger partial charge in [0.25, 0.3) is 0 Å². The molecule has 4 nitrogen and oxygen atoms in total. The second-order valence-corrected chi connectivity index (χ2v) is 3.45. The number of hydrogen-bond donors (Lipinski definition) is 0. The molecule has 1 spiro atoms. The molecule has 0 saturated carbocycles. The Morgan fingerprint density at radius 2 is 1.69 bits per heavy atom. The van der Waals surface area contributed by atoms with Gasteiger partial charge in [0.05, 0.1) is 26.4 Å². The van der Waals surface area contributed by atoms with Crippen molar-refractivity contribution in [3.63, 3.8) is 0 Å². The minimum absolute atomic E-state index is 0.472. The average molecular weight is 188 g/mol. The van der Waals surface area contributed by atoms with Crippen LogP contribution >= 0.6 is 0 Å². The molecule has 0 aromatic rings. The summed E-state index contributed by atoms with van der Waals surface area (Å²) in [4.78, 5) is 0. The van der Waals surface area contributed by atoms with Gasteiger partial charge in [0.15, 0.2) is 0 Å². The fraction of sp³-hybridized carbons (Fsp3) is 1.00. The van der Waals surface area contributed by atoms with Crippen LogP contribution in [0.1, 0.15) is 19.8 Å². The van der Waals surface area contributed by atoms with Gasteiger partial charge in [-0.2, -0.15) is 0 Å². The van der Waals surface area contributed by atoms with Crippen LogP contribution in [0.5, 0.6) is 0 Å². The van der Waals surface area contributed by atoms with E-state index in [-0.39, 0.29) is 0 Å². The van der Waals surface area contributed by atoms with Gasteiger partial charge >= 0.3 is 6.16 Å². The van der Waals surface area contributed by atoms with Crippen molar-refractivity contribution in [1.29, 1.82) is 0 Å². The summed E-state index contributed by atoms with van der Waals surface area (Å²) in [5.41, 5.74) is 0. The molecule has 0 atom stereocenters. The van der Waals surface area contributed by atoms with Gasteiger partial charge in [-0.1, -0.05) is 6.92 Å². The summed E-state index contributed by atoms with van der Waals surface area (Å²) in [6, 6.07) is 0. The van der Waals surface area contributed by atoms with E-state index >= 15 is 0 Å². The molecule has 76 valence electrons. The highest BCUT2D eigenvalue weighted by molar-refractivity contribution is 4.63. The van der Waals surface area contributed by atoms with Crippen LogP contribution in [0.4, 0.5) is 0 Å². The molecule has 13 heavy (non-hydrogen) atoms. The van der Waals surface area contributed by atoms with E-state index in [0.717, 1.165) is 12.8 Å². The van der Waals surface area contributed by atoms with Crippen LogP contribution in [0.2, 0.25) is 0 Å². The number of ether oxygens (including phenoxy) is 4. The summed E-state index contributed by atoms with van der Waals surface area (Å²) in [6.07, 6.45) is 0.811. The molecule has 2 fully saturated rings. The zero-order chi connectivity index (χ0) is 9.15. The van der Waals surface area contributed by atoms with E-state index in [4.69, 9.17) is 18.9 Å². The monoisotopic (exact) mass is 188 g/mol. The third kappa shape index (κ3) is 2.02. The molecule has 0 unspecified atom stereocenters. The molecular formula is C9H16O4. The quantitative estimate of drug-likeness (QED) is 0.617. The predicted molar refractivity (Wildman–Crippen MR) is 44.9 cm³/mol. The molecule has 2 saturated heterocycles.